The second-order valence-corrected chi connectivity index (χ2v) is 7.25. The third-order valence-electron chi connectivity index (χ3n) is 4.35. The molecule has 5 nitrogen and oxygen atoms in total. The van der Waals surface area contributed by atoms with E-state index in [4.69, 9.17) is 4.98 Å². The van der Waals surface area contributed by atoms with Gasteiger partial charge in [-0.25, -0.2) is 4.98 Å². The number of benzene rings is 1. The standard InChI is InChI=1S/C19H22N4OS/c1-11-7-6-8-15-12(2)9-17(21-18(11)15)25-10-16(24)20-19-13(3)22-23(5)14(19)4/h6-9H,10H2,1-5H3,(H,20,24). The van der Waals surface area contributed by atoms with Crippen molar-refractivity contribution in [2.75, 3.05) is 11.1 Å². The van der Waals surface area contributed by atoms with Gasteiger partial charge in [0.15, 0.2) is 0 Å². The van der Waals surface area contributed by atoms with Gasteiger partial charge in [-0.1, -0.05) is 30.0 Å². The molecule has 0 aliphatic heterocycles. The Bertz CT molecular complexity index is 962. The third kappa shape index (κ3) is 3.54. The van der Waals surface area contributed by atoms with E-state index in [0.717, 1.165) is 38.6 Å². The summed E-state index contributed by atoms with van der Waals surface area (Å²) in [7, 11) is 1.87. The van der Waals surface area contributed by atoms with Crippen LogP contribution in [-0.4, -0.2) is 26.4 Å². The monoisotopic (exact) mass is 354 g/mol. The second kappa shape index (κ2) is 6.88. The molecule has 0 radical (unpaired) electrons. The van der Waals surface area contributed by atoms with Crippen molar-refractivity contribution >= 4 is 34.3 Å². The molecule has 0 unspecified atom stereocenters. The van der Waals surface area contributed by atoms with Crippen LogP contribution in [-0.2, 0) is 11.8 Å². The molecule has 3 aromatic rings. The predicted molar refractivity (Wildman–Crippen MR) is 103 cm³/mol. The maximum Gasteiger partial charge on any atom is 0.234 e. The Morgan fingerprint density at radius 1 is 1.20 bits per heavy atom. The number of thioether (sulfide) groups is 1. The number of hydrogen-bond acceptors (Lipinski definition) is 4. The number of nitrogens with zero attached hydrogens (tertiary/aromatic N) is 3. The molecule has 0 saturated heterocycles. The molecule has 1 N–H and O–H groups in total. The lowest BCUT2D eigenvalue weighted by Crippen LogP contribution is -2.15. The van der Waals surface area contributed by atoms with Gasteiger partial charge in [0, 0.05) is 12.4 Å². The van der Waals surface area contributed by atoms with Crippen molar-refractivity contribution in [2.45, 2.75) is 32.7 Å². The second-order valence-electron chi connectivity index (χ2n) is 6.25. The van der Waals surface area contributed by atoms with E-state index in [-0.39, 0.29) is 5.91 Å². The highest BCUT2D eigenvalue weighted by Crippen LogP contribution is 2.26. The molecule has 0 aliphatic carbocycles. The molecule has 1 amide bonds. The lowest BCUT2D eigenvalue weighted by atomic mass is 10.1. The van der Waals surface area contributed by atoms with Crippen molar-refractivity contribution in [2.24, 2.45) is 7.05 Å². The maximum absolute atomic E-state index is 12.3. The zero-order valence-corrected chi connectivity index (χ0v) is 16.0. The molecule has 0 aliphatic rings. The Hall–Kier alpha value is -2.34. The summed E-state index contributed by atoms with van der Waals surface area (Å²) in [6.07, 6.45) is 0. The van der Waals surface area contributed by atoms with Crippen LogP contribution < -0.4 is 5.32 Å². The molecular formula is C19H22N4OS. The number of anilines is 1. The Morgan fingerprint density at radius 3 is 2.64 bits per heavy atom. The summed E-state index contributed by atoms with van der Waals surface area (Å²) in [4.78, 5) is 17.0. The number of pyridine rings is 1. The van der Waals surface area contributed by atoms with E-state index in [1.54, 1.807) is 4.68 Å². The summed E-state index contributed by atoms with van der Waals surface area (Å²) in [5, 5.41) is 9.31. The number of para-hydroxylation sites is 1. The van der Waals surface area contributed by atoms with Crippen molar-refractivity contribution in [3.05, 3.63) is 46.8 Å². The first kappa shape index (κ1) is 17.5. The van der Waals surface area contributed by atoms with E-state index in [9.17, 15) is 4.79 Å². The van der Waals surface area contributed by atoms with Crippen molar-refractivity contribution in [1.82, 2.24) is 14.8 Å². The average molecular weight is 354 g/mol. The Kier molecular flexibility index (Phi) is 4.81. The smallest absolute Gasteiger partial charge is 0.234 e. The van der Waals surface area contributed by atoms with Crippen LogP contribution in [0.3, 0.4) is 0 Å². The third-order valence-corrected chi connectivity index (χ3v) is 5.26. The number of rotatable bonds is 4. The number of carbonyl (C=O) groups is 1. The highest BCUT2D eigenvalue weighted by molar-refractivity contribution is 7.99. The zero-order valence-electron chi connectivity index (χ0n) is 15.2. The van der Waals surface area contributed by atoms with Crippen LogP contribution >= 0.6 is 11.8 Å². The quantitative estimate of drug-likeness (QED) is 0.721. The molecule has 0 bridgehead atoms. The van der Waals surface area contributed by atoms with E-state index in [1.165, 1.54) is 17.3 Å². The zero-order chi connectivity index (χ0) is 18.1. The summed E-state index contributed by atoms with van der Waals surface area (Å²) >= 11 is 1.45. The molecule has 0 fully saturated rings. The highest BCUT2D eigenvalue weighted by atomic mass is 32.2. The van der Waals surface area contributed by atoms with E-state index >= 15 is 0 Å². The maximum atomic E-state index is 12.3. The SMILES string of the molecule is Cc1nn(C)c(C)c1NC(=O)CSc1cc(C)c2cccc(C)c2n1. The number of hydrogen-bond donors (Lipinski definition) is 1. The van der Waals surface area contributed by atoms with E-state index < -0.39 is 0 Å². The van der Waals surface area contributed by atoms with Gasteiger partial charge in [0.1, 0.15) is 0 Å². The number of carbonyl (C=O) groups excluding carboxylic acids is 1. The first-order valence-corrected chi connectivity index (χ1v) is 9.15. The van der Waals surface area contributed by atoms with Crippen LogP contribution in [0.4, 0.5) is 5.69 Å². The normalized spacial score (nSPS) is 11.1. The highest BCUT2D eigenvalue weighted by Gasteiger charge is 2.13. The summed E-state index contributed by atoms with van der Waals surface area (Å²) in [5.41, 5.74) is 5.90. The van der Waals surface area contributed by atoms with Crippen molar-refractivity contribution in [3.63, 3.8) is 0 Å². The minimum absolute atomic E-state index is 0.0477. The van der Waals surface area contributed by atoms with Crippen LogP contribution in [0.15, 0.2) is 29.3 Å². The van der Waals surface area contributed by atoms with E-state index in [0.29, 0.717) is 5.75 Å². The summed E-state index contributed by atoms with van der Waals surface area (Å²) < 4.78 is 1.77. The first-order valence-electron chi connectivity index (χ1n) is 8.16. The van der Waals surface area contributed by atoms with Gasteiger partial charge in [0.05, 0.1) is 33.4 Å². The van der Waals surface area contributed by atoms with Crippen LogP contribution in [0.1, 0.15) is 22.5 Å². The van der Waals surface area contributed by atoms with Gasteiger partial charge in [0.25, 0.3) is 0 Å². The van der Waals surface area contributed by atoms with Crippen molar-refractivity contribution in [1.29, 1.82) is 0 Å². The van der Waals surface area contributed by atoms with Crippen molar-refractivity contribution in [3.8, 4) is 0 Å². The van der Waals surface area contributed by atoms with Crippen LogP contribution in [0.2, 0.25) is 0 Å². The molecule has 0 atom stereocenters. The fraction of sp³-hybridized carbons (Fsp3) is 0.316. The largest absolute Gasteiger partial charge is 0.322 e. The lowest BCUT2D eigenvalue weighted by molar-refractivity contribution is -0.113. The molecule has 25 heavy (non-hydrogen) atoms. The van der Waals surface area contributed by atoms with Crippen LogP contribution in [0.5, 0.6) is 0 Å². The molecule has 130 valence electrons. The molecule has 2 aromatic heterocycles. The minimum atomic E-state index is -0.0477. The summed E-state index contributed by atoms with van der Waals surface area (Å²) in [6.45, 7) is 7.98. The molecule has 3 rings (SSSR count). The van der Waals surface area contributed by atoms with Gasteiger partial charge in [-0.2, -0.15) is 5.10 Å². The summed E-state index contributed by atoms with van der Waals surface area (Å²) in [6, 6.07) is 8.23. The number of nitrogens with one attached hydrogen (secondary N) is 1. The topological polar surface area (TPSA) is 59.8 Å². The fourth-order valence-electron chi connectivity index (χ4n) is 2.87. The minimum Gasteiger partial charge on any atom is -0.322 e. The van der Waals surface area contributed by atoms with Gasteiger partial charge in [-0.15, -0.1) is 0 Å². The van der Waals surface area contributed by atoms with Gasteiger partial charge in [0.2, 0.25) is 5.91 Å². The van der Waals surface area contributed by atoms with Crippen LogP contribution in [0.25, 0.3) is 10.9 Å². The molecule has 2 heterocycles. The van der Waals surface area contributed by atoms with Gasteiger partial charge in [-0.05, 0) is 44.9 Å². The predicted octanol–water partition coefficient (Wildman–Crippen LogP) is 3.93. The number of fused-ring (bicyclic) bond motifs is 1. The molecular weight excluding hydrogens is 332 g/mol. The lowest BCUT2D eigenvalue weighted by Gasteiger charge is -2.09. The molecule has 1 aromatic carbocycles. The first-order chi connectivity index (χ1) is 11.9. The fourth-order valence-corrected chi connectivity index (χ4v) is 3.64. The van der Waals surface area contributed by atoms with E-state index in [1.807, 2.05) is 33.0 Å². The molecule has 0 spiro atoms. The van der Waals surface area contributed by atoms with Crippen molar-refractivity contribution < 1.29 is 4.79 Å². The Morgan fingerprint density at radius 2 is 1.96 bits per heavy atom. The Balaban J connectivity index is 1.74. The van der Waals surface area contributed by atoms with Gasteiger partial charge in [-0.3, -0.25) is 9.48 Å². The number of aromatic nitrogens is 3. The molecule has 6 heteroatoms. The molecule has 0 saturated carbocycles. The number of amides is 1. The van der Waals surface area contributed by atoms with Crippen LogP contribution in [0, 0.1) is 27.7 Å². The summed E-state index contributed by atoms with van der Waals surface area (Å²) in [5.74, 6) is 0.269. The Labute approximate surface area is 151 Å². The van der Waals surface area contributed by atoms with E-state index in [2.05, 4.69) is 36.4 Å². The van der Waals surface area contributed by atoms with Gasteiger partial charge < -0.3 is 5.32 Å². The number of aryl methyl sites for hydroxylation is 4. The average Bonchev–Trinajstić information content (AvgIpc) is 2.80. The van der Waals surface area contributed by atoms with Gasteiger partial charge >= 0.3 is 0 Å².